The van der Waals surface area contributed by atoms with Gasteiger partial charge in [0.1, 0.15) is 0 Å². The van der Waals surface area contributed by atoms with E-state index in [1.165, 1.54) is 22.4 Å². The second-order valence-corrected chi connectivity index (χ2v) is 7.51. The lowest BCUT2D eigenvalue weighted by molar-refractivity contribution is -0.159. The van der Waals surface area contributed by atoms with Gasteiger partial charge in [0.2, 0.25) is 0 Å². The first kappa shape index (κ1) is 25.0. The van der Waals surface area contributed by atoms with Gasteiger partial charge in [-0.2, -0.15) is 0 Å². The van der Waals surface area contributed by atoms with Crippen LogP contribution in [0.15, 0.2) is 36.4 Å². The average Bonchev–Trinajstić information content (AvgIpc) is 2.78. The number of piperazine rings is 1. The van der Waals surface area contributed by atoms with E-state index in [2.05, 4.69) is 54.0 Å². The maximum absolute atomic E-state index is 9.10. The van der Waals surface area contributed by atoms with Crippen molar-refractivity contribution in [3.05, 3.63) is 53.1 Å². The molecule has 0 atom stereocenters. The van der Waals surface area contributed by atoms with Crippen LogP contribution in [0, 0.1) is 13.8 Å². The third-order valence-corrected chi connectivity index (χ3v) is 5.41. The van der Waals surface area contributed by atoms with Crippen molar-refractivity contribution < 1.29 is 29.3 Å². The number of carboxylic acid groups (broad SMARTS) is 2. The number of aliphatic carboxylic acids is 2. The van der Waals surface area contributed by atoms with Crippen molar-refractivity contribution in [1.29, 1.82) is 0 Å². The molecule has 3 rings (SSSR count). The van der Waals surface area contributed by atoms with E-state index in [1.54, 1.807) is 7.11 Å². The Morgan fingerprint density at radius 1 is 0.969 bits per heavy atom. The molecule has 0 amide bonds. The number of anilines is 1. The molecule has 0 aliphatic carbocycles. The van der Waals surface area contributed by atoms with Gasteiger partial charge in [-0.1, -0.05) is 18.2 Å². The summed E-state index contributed by atoms with van der Waals surface area (Å²) in [6.45, 7) is 12.3. The van der Waals surface area contributed by atoms with Crippen LogP contribution in [-0.4, -0.2) is 66.9 Å². The zero-order valence-corrected chi connectivity index (χ0v) is 19.1. The van der Waals surface area contributed by atoms with E-state index in [9.17, 15) is 0 Å². The molecule has 1 heterocycles. The number of methoxy groups -OCH3 is 1. The normalized spacial score (nSPS) is 13.7. The lowest BCUT2D eigenvalue weighted by Crippen LogP contribution is -2.46. The number of benzene rings is 2. The van der Waals surface area contributed by atoms with Gasteiger partial charge in [0.15, 0.2) is 11.5 Å². The first-order chi connectivity index (χ1) is 15.3. The van der Waals surface area contributed by atoms with Crippen LogP contribution in [0.5, 0.6) is 11.5 Å². The predicted octanol–water partition coefficient (Wildman–Crippen LogP) is 3.19. The summed E-state index contributed by atoms with van der Waals surface area (Å²) in [7, 11) is 1.70. The Bertz CT molecular complexity index is 911. The molecule has 32 heavy (non-hydrogen) atoms. The van der Waals surface area contributed by atoms with Gasteiger partial charge < -0.3 is 24.6 Å². The summed E-state index contributed by atoms with van der Waals surface area (Å²) in [6, 6.07) is 12.9. The Hall–Kier alpha value is -3.26. The number of carboxylic acids is 2. The first-order valence-corrected chi connectivity index (χ1v) is 10.6. The minimum absolute atomic E-state index is 0.649. The largest absolute Gasteiger partial charge is 0.493 e. The number of carbonyl (C=O) groups is 2. The molecule has 1 aliphatic heterocycles. The zero-order valence-electron chi connectivity index (χ0n) is 19.1. The lowest BCUT2D eigenvalue weighted by atomic mass is 10.1. The van der Waals surface area contributed by atoms with Crippen molar-refractivity contribution in [1.82, 2.24) is 4.90 Å². The Balaban J connectivity index is 0.000000534. The number of rotatable bonds is 6. The average molecular weight is 445 g/mol. The van der Waals surface area contributed by atoms with E-state index in [0.29, 0.717) is 6.61 Å². The predicted molar refractivity (Wildman–Crippen MR) is 123 cm³/mol. The number of hydrogen-bond donors (Lipinski definition) is 2. The van der Waals surface area contributed by atoms with Gasteiger partial charge >= 0.3 is 11.9 Å². The number of aryl methyl sites for hydroxylation is 1. The summed E-state index contributed by atoms with van der Waals surface area (Å²) < 4.78 is 11.1. The third kappa shape index (κ3) is 6.88. The number of ether oxygens (including phenoxy) is 2. The van der Waals surface area contributed by atoms with Crippen molar-refractivity contribution >= 4 is 17.6 Å². The summed E-state index contributed by atoms with van der Waals surface area (Å²) in [6.07, 6.45) is 0. The van der Waals surface area contributed by atoms with Crippen molar-refractivity contribution in [3.8, 4) is 11.5 Å². The van der Waals surface area contributed by atoms with Crippen molar-refractivity contribution in [2.45, 2.75) is 27.3 Å². The van der Waals surface area contributed by atoms with Crippen LogP contribution in [-0.2, 0) is 16.1 Å². The first-order valence-electron chi connectivity index (χ1n) is 10.6. The minimum Gasteiger partial charge on any atom is -0.493 e. The van der Waals surface area contributed by atoms with Crippen LogP contribution in [0.4, 0.5) is 5.69 Å². The zero-order chi connectivity index (χ0) is 23.7. The second kappa shape index (κ2) is 12.0. The number of hydrogen-bond acceptors (Lipinski definition) is 6. The van der Waals surface area contributed by atoms with Crippen molar-refractivity contribution in [2.24, 2.45) is 0 Å². The molecular weight excluding hydrogens is 412 g/mol. The van der Waals surface area contributed by atoms with Gasteiger partial charge in [0.25, 0.3) is 0 Å². The van der Waals surface area contributed by atoms with Gasteiger partial charge in [0.05, 0.1) is 13.7 Å². The molecule has 0 spiro atoms. The maximum Gasteiger partial charge on any atom is 0.414 e. The molecule has 0 aromatic heterocycles. The molecule has 8 nitrogen and oxygen atoms in total. The monoisotopic (exact) mass is 444 g/mol. The van der Waals surface area contributed by atoms with Crippen LogP contribution in [0.2, 0.25) is 0 Å². The third-order valence-electron chi connectivity index (χ3n) is 5.41. The molecule has 1 aliphatic rings. The van der Waals surface area contributed by atoms with E-state index < -0.39 is 11.9 Å². The smallest absolute Gasteiger partial charge is 0.414 e. The van der Waals surface area contributed by atoms with Crippen molar-refractivity contribution in [2.75, 3.05) is 44.8 Å². The topological polar surface area (TPSA) is 99.5 Å². The van der Waals surface area contributed by atoms with Crippen LogP contribution in [0.3, 0.4) is 0 Å². The fraction of sp³-hybridized carbons (Fsp3) is 0.417. The molecule has 8 heteroatoms. The fourth-order valence-corrected chi connectivity index (χ4v) is 3.57. The molecule has 0 saturated carbocycles. The van der Waals surface area contributed by atoms with E-state index >= 15 is 0 Å². The molecule has 2 aromatic rings. The second-order valence-electron chi connectivity index (χ2n) is 7.51. The maximum atomic E-state index is 9.10. The van der Waals surface area contributed by atoms with Gasteiger partial charge in [0, 0.05) is 38.4 Å². The molecule has 1 fully saturated rings. The summed E-state index contributed by atoms with van der Waals surface area (Å²) in [5, 5.41) is 14.8. The molecule has 0 unspecified atom stereocenters. The van der Waals surface area contributed by atoms with Gasteiger partial charge in [-0.3, -0.25) is 4.90 Å². The molecule has 0 radical (unpaired) electrons. The van der Waals surface area contributed by atoms with Crippen molar-refractivity contribution in [3.63, 3.8) is 0 Å². The fourth-order valence-electron chi connectivity index (χ4n) is 3.57. The summed E-state index contributed by atoms with van der Waals surface area (Å²) in [4.78, 5) is 23.2. The molecule has 2 N–H and O–H groups in total. The molecular formula is C24H32N2O6. The minimum atomic E-state index is -1.82. The summed E-state index contributed by atoms with van der Waals surface area (Å²) in [5.74, 6) is -2.01. The highest BCUT2D eigenvalue weighted by atomic mass is 16.5. The number of nitrogens with zero attached hydrogens (tertiary/aromatic N) is 2. The highest BCUT2D eigenvalue weighted by Crippen LogP contribution is 2.29. The molecule has 174 valence electrons. The van der Waals surface area contributed by atoms with Crippen LogP contribution in [0.1, 0.15) is 23.6 Å². The Morgan fingerprint density at radius 2 is 1.62 bits per heavy atom. The molecule has 1 saturated heterocycles. The summed E-state index contributed by atoms with van der Waals surface area (Å²) in [5.41, 5.74) is 5.42. The van der Waals surface area contributed by atoms with Crippen LogP contribution in [0.25, 0.3) is 0 Å². The van der Waals surface area contributed by atoms with Gasteiger partial charge in [-0.15, -0.1) is 0 Å². The van der Waals surface area contributed by atoms with Crippen LogP contribution < -0.4 is 14.4 Å². The van der Waals surface area contributed by atoms with Gasteiger partial charge in [-0.25, -0.2) is 9.59 Å². The van der Waals surface area contributed by atoms with E-state index in [0.717, 1.165) is 44.2 Å². The molecule has 2 aromatic carbocycles. The standard InChI is InChI=1S/C22H30N2O2.C2H2O4/c1-5-26-21-10-9-19(15-22(21)25-4)16-23-11-13-24(14-12-23)20-8-6-7-17(2)18(20)3;3-1(4)2(5)6/h6-10,15H,5,11-14,16H2,1-4H3;(H,3,4)(H,5,6). The van der Waals surface area contributed by atoms with Gasteiger partial charge in [-0.05, 0) is 55.7 Å². The van der Waals surface area contributed by atoms with Crippen LogP contribution >= 0.6 is 0 Å². The van der Waals surface area contributed by atoms with E-state index in [4.69, 9.17) is 29.3 Å². The quantitative estimate of drug-likeness (QED) is 0.656. The Labute approximate surface area is 189 Å². The highest BCUT2D eigenvalue weighted by molar-refractivity contribution is 6.27. The lowest BCUT2D eigenvalue weighted by Gasteiger charge is -2.37. The molecule has 0 bridgehead atoms. The highest BCUT2D eigenvalue weighted by Gasteiger charge is 2.19. The van der Waals surface area contributed by atoms with E-state index in [-0.39, 0.29) is 0 Å². The SMILES string of the molecule is CCOc1ccc(CN2CCN(c3cccc(C)c3C)CC2)cc1OC.O=C(O)C(=O)O. The Kier molecular flexibility index (Phi) is 9.34. The Morgan fingerprint density at radius 3 is 2.19 bits per heavy atom. The van der Waals surface area contributed by atoms with E-state index in [1.807, 2.05) is 13.0 Å². The summed E-state index contributed by atoms with van der Waals surface area (Å²) >= 11 is 0.